The van der Waals surface area contributed by atoms with E-state index in [1.54, 1.807) is 6.07 Å². The fourth-order valence-electron chi connectivity index (χ4n) is 3.76. The van der Waals surface area contributed by atoms with Gasteiger partial charge in [-0.15, -0.1) is 6.42 Å². The normalized spacial score (nSPS) is 11.9. The fourth-order valence-corrected chi connectivity index (χ4v) is 4.22. The van der Waals surface area contributed by atoms with Crippen LogP contribution in [0.2, 0.25) is 0 Å². The van der Waals surface area contributed by atoms with E-state index in [0.29, 0.717) is 4.47 Å². The molecule has 1 amide bonds. The molecule has 6 heteroatoms. The number of anilines is 1. The third kappa shape index (κ3) is 3.56. The number of carbonyl (C=O) groups excluding carboxylic acids is 1. The Bertz CT molecular complexity index is 1170. The molecular formula is C24H16BrNO4. The number of amides is 1. The predicted octanol–water partition coefficient (Wildman–Crippen LogP) is 5.49. The maximum atomic E-state index is 12.5. The summed E-state index contributed by atoms with van der Waals surface area (Å²) in [4.78, 5) is 24.1. The number of nitrogens with one attached hydrogen (secondary N) is 1. The van der Waals surface area contributed by atoms with Gasteiger partial charge < -0.3 is 9.84 Å². The summed E-state index contributed by atoms with van der Waals surface area (Å²) in [6.07, 6.45) is 4.72. The SMILES string of the molecule is C#Cc1cc(Br)cc(C(=O)O)c1NC(=O)OCC1c2ccccc2-c2ccccc21. The summed E-state index contributed by atoms with van der Waals surface area (Å²) in [5.74, 6) is 1.09. The van der Waals surface area contributed by atoms with Gasteiger partial charge in [-0.1, -0.05) is 70.4 Å². The number of carbonyl (C=O) groups is 2. The fraction of sp³-hybridized carbons (Fsp3) is 0.0833. The van der Waals surface area contributed by atoms with Gasteiger partial charge in [0.1, 0.15) is 6.61 Å². The third-order valence-corrected chi connectivity index (χ3v) is 5.52. The zero-order valence-corrected chi connectivity index (χ0v) is 17.3. The van der Waals surface area contributed by atoms with Crippen LogP contribution in [0.5, 0.6) is 0 Å². The number of hydrogen-bond acceptors (Lipinski definition) is 3. The molecule has 5 nitrogen and oxygen atoms in total. The summed E-state index contributed by atoms with van der Waals surface area (Å²) in [5, 5.41) is 12.0. The van der Waals surface area contributed by atoms with E-state index in [1.807, 2.05) is 48.5 Å². The van der Waals surface area contributed by atoms with Gasteiger partial charge in [0, 0.05) is 16.0 Å². The molecule has 2 N–H and O–H groups in total. The highest BCUT2D eigenvalue weighted by atomic mass is 79.9. The van der Waals surface area contributed by atoms with Crippen LogP contribution in [-0.2, 0) is 4.74 Å². The largest absolute Gasteiger partial charge is 0.478 e. The number of hydrogen-bond donors (Lipinski definition) is 2. The van der Waals surface area contributed by atoms with E-state index in [1.165, 1.54) is 6.07 Å². The van der Waals surface area contributed by atoms with E-state index in [2.05, 4.69) is 27.2 Å². The maximum absolute atomic E-state index is 12.5. The molecule has 0 aliphatic heterocycles. The molecule has 1 aliphatic rings. The first-order chi connectivity index (χ1) is 14.5. The molecule has 30 heavy (non-hydrogen) atoms. The Hall–Kier alpha value is -3.56. The summed E-state index contributed by atoms with van der Waals surface area (Å²) in [6.45, 7) is 0.115. The van der Waals surface area contributed by atoms with Crippen LogP contribution in [0.3, 0.4) is 0 Å². The van der Waals surface area contributed by atoms with Crippen molar-refractivity contribution >= 4 is 33.7 Å². The Kier molecular flexibility index (Phi) is 5.30. The van der Waals surface area contributed by atoms with Crippen molar-refractivity contribution in [3.63, 3.8) is 0 Å². The van der Waals surface area contributed by atoms with Gasteiger partial charge in [0.05, 0.1) is 11.3 Å². The van der Waals surface area contributed by atoms with Crippen molar-refractivity contribution in [3.05, 3.63) is 87.4 Å². The molecule has 4 rings (SSSR count). The number of ether oxygens (including phenoxy) is 1. The molecule has 3 aromatic rings. The quantitative estimate of drug-likeness (QED) is 0.503. The van der Waals surface area contributed by atoms with E-state index in [4.69, 9.17) is 11.2 Å². The minimum absolute atomic E-state index is 0.0328. The van der Waals surface area contributed by atoms with Crippen molar-refractivity contribution < 1.29 is 19.4 Å². The Morgan fingerprint density at radius 2 is 1.67 bits per heavy atom. The second-order valence-corrected chi connectivity index (χ2v) is 7.69. The van der Waals surface area contributed by atoms with Gasteiger partial charge in [-0.25, -0.2) is 9.59 Å². The second kappa shape index (κ2) is 8.05. The Labute approximate surface area is 181 Å². The lowest BCUT2D eigenvalue weighted by Gasteiger charge is -2.16. The zero-order chi connectivity index (χ0) is 21.3. The van der Waals surface area contributed by atoms with Crippen molar-refractivity contribution in [2.45, 2.75) is 5.92 Å². The van der Waals surface area contributed by atoms with Crippen LogP contribution >= 0.6 is 15.9 Å². The van der Waals surface area contributed by atoms with E-state index < -0.39 is 12.1 Å². The third-order valence-electron chi connectivity index (χ3n) is 5.06. The standard InChI is InChI=1S/C24H16BrNO4/c1-2-14-11-15(25)12-20(23(27)28)22(14)26-24(29)30-13-21-18-9-5-3-7-16(18)17-8-4-6-10-19(17)21/h1,3-12,21H,13H2,(H,26,29)(H,27,28). The predicted molar refractivity (Wildman–Crippen MR) is 118 cm³/mol. The summed E-state index contributed by atoms with van der Waals surface area (Å²) < 4.78 is 5.99. The molecule has 148 valence electrons. The molecule has 0 unspecified atom stereocenters. The molecular weight excluding hydrogens is 446 g/mol. The van der Waals surface area contributed by atoms with Crippen molar-refractivity contribution in [1.29, 1.82) is 0 Å². The van der Waals surface area contributed by atoms with E-state index >= 15 is 0 Å². The Morgan fingerprint density at radius 3 is 2.23 bits per heavy atom. The number of fused-ring (bicyclic) bond motifs is 3. The number of terminal acetylenes is 1. The van der Waals surface area contributed by atoms with Gasteiger partial charge in [0.25, 0.3) is 0 Å². The summed E-state index contributed by atoms with van der Waals surface area (Å²) in [5.41, 5.74) is 4.58. The van der Waals surface area contributed by atoms with E-state index in [0.717, 1.165) is 22.3 Å². The maximum Gasteiger partial charge on any atom is 0.411 e. The van der Waals surface area contributed by atoms with Crippen LogP contribution in [0.4, 0.5) is 10.5 Å². The van der Waals surface area contributed by atoms with Gasteiger partial charge in [0.2, 0.25) is 0 Å². The number of carboxylic acids is 1. The van der Waals surface area contributed by atoms with Crippen molar-refractivity contribution in [2.75, 3.05) is 11.9 Å². The van der Waals surface area contributed by atoms with Crippen molar-refractivity contribution in [2.24, 2.45) is 0 Å². The van der Waals surface area contributed by atoms with Crippen LogP contribution in [0.15, 0.2) is 65.1 Å². The average molecular weight is 462 g/mol. The van der Waals surface area contributed by atoms with Crippen LogP contribution in [-0.4, -0.2) is 23.8 Å². The first-order valence-corrected chi connectivity index (χ1v) is 9.94. The van der Waals surface area contributed by atoms with Gasteiger partial charge in [-0.05, 0) is 34.4 Å². The van der Waals surface area contributed by atoms with E-state index in [-0.39, 0.29) is 29.3 Å². The number of rotatable bonds is 4. The highest BCUT2D eigenvalue weighted by molar-refractivity contribution is 9.10. The van der Waals surface area contributed by atoms with Crippen LogP contribution in [0.25, 0.3) is 11.1 Å². The summed E-state index contributed by atoms with van der Waals surface area (Å²) in [6, 6.07) is 19.0. The lowest BCUT2D eigenvalue weighted by atomic mass is 9.98. The molecule has 0 bridgehead atoms. The lowest BCUT2D eigenvalue weighted by molar-refractivity contribution is 0.0698. The van der Waals surface area contributed by atoms with Crippen molar-refractivity contribution in [3.8, 4) is 23.5 Å². The van der Waals surface area contributed by atoms with Crippen LogP contribution in [0, 0.1) is 12.3 Å². The number of aromatic carboxylic acids is 1. The van der Waals surface area contributed by atoms with Crippen LogP contribution < -0.4 is 5.32 Å². The summed E-state index contributed by atoms with van der Waals surface area (Å²) in [7, 11) is 0. The molecule has 0 saturated carbocycles. The van der Waals surface area contributed by atoms with E-state index in [9.17, 15) is 14.7 Å². The molecule has 0 aromatic heterocycles. The van der Waals surface area contributed by atoms with Gasteiger partial charge in [0.15, 0.2) is 0 Å². The Balaban J connectivity index is 1.56. The van der Waals surface area contributed by atoms with Gasteiger partial charge in [-0.2, -0.15) is 0 Å². The molecule has 0 radical (unpaired) electrons. The number of carboxylic acid groups (broad SMARTS) is 1. The van der Waals surface area contributed by atoms with Gasteiger partial charge >= 0.3 is 12.1 Å². The van der Waals surface area contributed by atoms with Gasteiger partial charge in [-0.3, -0.25) is 5.32 Å². The number of halogens is 1. The molecule has 0 heterocycles. The van der Waals surface area contributed by atoms with Crippen LogP contribution in [0.1, 0.15) is 33.0 Å². The highest BCUT2D eigenvalue weighted by Gasteiger charge is 2.29. The first kappa shape index (κ1) is 19.7. The Morgan fingerprint density at radius 1 is 1.07 bits per heavy atom. The first-order valence-electron chi connectivity index (χ1n) is 9.15. The molecule has 1 aliphatic carbocycles. The lowest BCUT2D eigenvalue weighted by Crippen LogP contribution is -2.20. The van der Waals surface area contributed by atoms with Crippen molar-refractivity contribution in [1.82, 2.24) is 0 Å². The number of benzene rings is 3. The zero-order valence-electron chi connectivity index (χ0n) is 15.7. The topological polar surface area (TPSA) is 75.6 Å². The molecule has 0 spiro atoms. The summed E-state index contributed by atoms with van der Waals surface area (Å²) >= 11 is 3.23. The molecule has 0 saturated heterocycles. The minimum Gasteiger partial charge on any atom is -0.478 e. The minimum atomic E-state index is -1.21. The molecule has 0 atom stereocenters. The smallest absolute Gasteiger partial charge is 0.411 e. The highest BCUT2D eigenvalue weighted by Crippen LogP contribution is 2.44. The molecule has 0 fully saturated rings. The monoisotopic (exact) mass is 461 g/mol. The second-order valence-electron chi connectivity index (χ2n) is 6.78. The average Bonchev–Trinajstić information content (AvgIpc) is 3.07. The molecule has 3 aromatic carbocycles.